The smallest absolute Gasteiger partial charge is 0.369 e. The first-order valence-electron chi connectivity index (χ1n) is 8.97. The summed E-state index contributed by atoms with van der Waals surface area (Å²) in [6.07, 6.45) is -4.29. The van der Waals surface area contributed by atoms with Gasteiger partial charge in [0.25, 0.3) is 0 Å². The van der Waals surface area contributed by atoms with Crippen molar-refractivity contribution < 1.29 is 13.2 Å². The van der Waals surface area contributed by atoms with E-state index in [1.54, 1.807) is 12.1 Å². The van der Waals surface area contributed by atoms with Gasteiger partial charge in [0.05, 0.1) is 23.1 Å². The summed E-state index contributed by atoms with van der Waals surface area (Å²) in [5.74, 6) is 1.03. The maximum absolute atomic E-state index is 12.7. The van der Waals surface area contributed by atoms with Crippen molar-refractivity contribution in [3.63, 3.8) is 0 Å². The van der Waals surface area contributed by atoms with Gasteiger partial charge in [-0.2, -0.15) is 13.2 Å². The van der Waals surface area contributed by atoms with E-state index in [2.05, 4.69) is 20.4 Å². The highest BCUT2D eigenvalue weighted by molar-refractivity contribution is 5.75. The van der Waals surface area contributed by atoms with E-state index in [1.807, 2.05) is 25.2 Å². The van der Waals surface area contributed by atoms with Gasteiger partial charge in [-0.05, 0) is 36.4 Å². The van der Waals surface area contributed by atoms with Gasteiger partial charge < -0.3 is 9.47 Å². The minimum atomic E-state index is -4.29. The summed E-state index contributed by atoms with van der Waals surface area (Å²) in [7, 11) is 2.03. The maximum Gasteiger partial charge on any atom is 0.416 e. The van der Waals surface area contributed by atoms with Crippen LogP contribution in [0.15, 0.2) is 48.5 Å². The van der Waals surface area contributed by atoms with Gasteiger partial charge in [-0.25, -0.2) is 4.98 Å². The summed E-state index contributed by atoms with van der Waals surface area (Å²) in [6.45, 7) is 4.05. The Morgan fingerprint density at radius 3 is 2.22 bits per heavy atom. The number of hydrogen-bond donors (Lipinski definition) is 0. The molecule has 27 heavy (non-hydrogen) atoms. The first-order chi connectivity index (χ1) is 12.9. The van der Waals surface area contributed by atoms with E-state index in [1.165, 1.54) is 0 Å². The molecule has 142 valence electrons. The second-order valence-corrected chi connectivity index (χ2v) is 6.88. The van der Waals surface area contributed by atoms with E-state index in [9.17, 15) is 13.2 Å². The molecule has 0 N–H and O–H groups in total. The van der Waals surface area contributed by atoms with E-state index in [4.69, 9.17) is 4.98 Å². The molecule has 0 unspecified atom stereocenters. The number of alkyl halides is 3. The normalized spacial score (nSPS) is 16.2. The highest BCUT2D eigenvalue weighted by atomic mass is 19.4. The van der Waals surface area contributed by atoms with Crippen LogP contribution in [0.1, 0.15) is 11.4 Å². The third-order valence-corrected chi connectivity index (χ3v) is 5.18. The van der Waals surface area contributed by atoms with Gasteiger partial charge in [-0.1, -0.05) is 12.1 Å². The Morgan fingerprint density at radius 2 is 1.59 bits per heavy atom. The highest BCUT2D eigenvalue weighted by Crippen LogP contribution is 2.30. The number of aromatic nitrogens is 2. The van der Waals surface area contributed by atoms with Crippen LogP contribution in [0.2, 0.25) is 0 Å². The van der Waals surface area contributed by atoms with Crippen LogP contribution in [-0.4, -0.2) is 40.6 Å². The van der Waals surface area contributed by atoms with Crippen LogP contribution in [0, 0.1) is 0 Å². The second kappa shape index (κ2) is 6.88. The number of benzene rings is 2. The van der Waals surface area contributed by atoms with Crippen LogP contribution in [0.25, 0.3) is 11.0 Å². The molecule has 4 nitrogen and oxygen atoms in total. The number of anilines is 1. The van der Waals surface area contributed by atoms with Crippen LogP contribution >= 0.6 is 0 Å². The zero-order chi connectivity index (χ0) is 19.0. The largest absolute Gasteiger partial charge is 0.416 e. The Morgan fingerprint density at radius 1 is 0.926 bits per heavy atom. The number of rotatable bonds is 3. The van der Waals surface area contributed by atoms with E-state index in [-0.39, 0.29) is 0 Å². The predicted molar refractivity (Wildman–Crippen MR) is 99.6 cm³/mol. The zero-order valence-corrected chi connectivity index (χ0v) is 15.1. The summed E-state index contributed by atoms with van der Waals surface area (Å²) >= 11 is 0. The number of aryl methyl sites for hydroxylation is 1. The zero-order valence-electron chi connectivity index (χ0n) is 15.1. The van der Waals surface area contributed by atoms with Gasteiger partial charge in [-0.15, -0.1) is 0 Å². The monoisotopic (exact) mass is 374 g/mol. The highest BCUT2D eigenvalue weighted by Gasteiger charge is 2.30. The molecule has 0 aliphatic carbocycles. The minimum absolute atomic E-state index is 0.605. The number of para-hydroxylation sites is 2. The molecule has 0 radical (unpaired) electrons. The molecular formula is C20H21F3N4. The summed E-state index contributed by atoms with van der Waals surface area (Å²) in [4.78, 5) is 9.18. The van der Waals surface area contributed by atoms with Crippen LogP contribution in [0.4, 0.5) is 18.9 Å². The van der Waals surface area contributed by atoms with Gasteiger partial charge >= 0.3 is 6.18 Å². The van der Waals surface area contributed by atoms with E-state index < -0.39 is 11.7 Å². The molecule has 1 fully saturated rings. The number of imidazole rings is 1. The van der Waals surface area contributed by atoms with Crippen molar-refractivity contribution in [3.05, 3.63) is 59.9 Å². The number of piperazine rings is 1. The van der Waals surface area contributed by atoms with Gasteiger partial charge in [0, 0.05) is 38.9 Å². The molecule has 0 atom stereocenters. The van der Waals surface area contributed by atoms with E-state index >= 15 is 0 Å². The fourth-order valence-electron chi connectivity index (χ4n) is 3.56. The molecular weight excluding hydrogens is 353 g/mol. The molecule has 0 saturated carbocycles. The Balaban J connectivity index is 1.39. The first kappa shape index (κ1) is 17.9. The molecule has 7 heteroatoms. The predicted octanol–water partition coefficient (Wildman–Crippen LogP) is 3.91. The van der Waals surface area contributed by atoms with Gasteiger partial charge in [0.2, 0.25) is 0 Å². The first-order valence-corrected chi connectivity index (χ1v) is 8.97. The molecule has 4 rings (SSSR count). The fourth-order valence-corrected chi connectivity index (χ4v) is 3.56. The molecule has 1 aliphatic rings. The lowest BCUT2D eigenvalue weighted by atomic mass is 10.1. The number of fused-ring (bicyclic) bond motifs is 1. The Bertz CT molecular complexity index is 923. The topological polar surface area (TPSA) is 24.3 Å². The van der Waals surface area contributed by atoms with Crippen molar-refractivity contribution in [1.82, 2.24) is 14.5 Å². The third kappa shape index (κ3) is 3.64. The van der Waals surface area contributed by atoms with Crippen molar-refractivity contribution in [2.45, 2.75) is 12.7 Å². The standard InChI is InChI=1S/C20H21F3N4/c1-25-18-5-3-2-4-17(18)24-19(25)14-26-10-12-27(13-11-26)16-8-6-15(7-9-16)20(21,22)23/h2-9H,10-14H2,1H3. The maximum atomic E-state index is 12.7. The van der Waals surface area contributed by atoms with Crippen molar-refractivity contribution in [1.29, 1.82) is 0 Å². The average molecular weight is 374 g/mol. The van der Waals surface area contributed by atoms with Crippen LogP contribution in [0.3, 0.4) is 0 Å². The number of halogens is 3. The SMILES string of the molecule is Cn1c(CN2CCN(c3ccc(C(F)(F)F)cc3)CC2)nc2ccccc21. The minimum Gasteiger partial charge on any atom is -0.369 e. The molecule has 2 aromatic carbocycles. The van der Waals surface area contributed by atoms with Crippen molar-refractivity contribution in [2.24, 2.45) is 7.05 Å². The molecule has 1 aliphatic heterocycles. The Hall–Kier alpha value is -2.54. The van der Waals surface area contributed by atoms with E-state index in [0.29, 0.717) is 0 Å². The molecule has 3 aromatic rings. The fraction of sp³-hybridized carbons (Fsp3) is 0.350. The lowest BCUT2D eigenvalue weighted by molar-refractivity contribution is -0.137. The molecule has 2 heterocycles. The van der Waals surface area contributed by atoms with Crippen LogP contribution < -0.4 is 4.90 Å². The summed E-state index contributed by atoms with van der Waals surface area (Å²) < 4.78 is 40.2. The lowest BCUT2D eigenvalue weighted by Gasteiger charge is -2.36. The van der Waals surface area contributed by atoms with Gasteiger partial charge in [0.1, 0.15) is 5.82 Å². The molecule has 1 saturated heterocycles. The quantitative estimate of drug-likeness (QED) is 0.695. The van der Waals surface area contributed by atoms with Crippen molar-refractivity contribution in [3.8, 4) is 0 Å². The molecule has 0 spiro atoms. The number of hydrogen-bond acceptors (Lipinski definition) is 3. The average Bonchev–Trinajstić information content (AvgIpc) is 2.98. The Labute approximate surface area is 155 Å². The van der Waals surface area contributed by atoms with Crippen LogP contribution in [-0.2, 0) is 19.8 Å². The van der Waals surface area contributed by atoms with Crippen LogP contribution in [0.5, 0.6) is 0 Å². The summed E-state index contributed by atoms with van der Waals surface area (Å²) in [6, 6.07) is 13.5. The van der Waals surface area contributed by atoms with Gasteiger partial charge in [-0.3, -0.25) is 4.90 Å². The number of nitrogens with zero attached hydrogens (tertiary/aromatic N) is 4. The summed E-state index contributed by atoms with van der Waals surface area (Å²) in [5, 5.41) is 0. The molecule has 0 bridgehead atoms. The summed E-state index contributed by atoms with van der Waals surface area (Å²) in [5.41, 5.74) is 2.35. The molecule has 0 amide bonds. The lowest BCUT2D eigenvalue weighted by Crippen LogP contribution is -2.46. The van der Waals surface area contributed by atoms with Crippen molar-refractivity contribution in [2.75, 3.05) is 31.1 Å². The van der Waals surface area contributed by atoms with E-state index in [0.717, 1.165) is 67.4 Å². The Kier molecular flexibility index (Phi) is 4.55. The third-order valence-electron chi connectivity index (χ3n) is 5.18. The molecule has 1 aromatic heterocycles. The van der Waals surface area contributed by atoms with Gasteiger partial charge in [0.15, 0.2) is 0 Å². The second-order valence-electron chi connectivity index (χ2n) is 6.88. The van der Waals surface area contributed by atoms with Crippen molar-refractivity contribution >= 4 is 16.7 Å².